The van der Waals surface area contributed by atoms with E-state index in [2.05, 4.69) is 0 Å². The average Bonchev–Trinajstić information content (AvgIpc) is 2.46. The van der Waals surface area contributed by atoms with Crippen LogP contribution in [0.3, 0.4) is 0 Å². The molecule has 1 aromatic carbocycles. The van der Waals surface area contributed by atoms with Crippen LogP contribution in [0.2, 0.25) is 0 Å². The summed E-state index contributed by atoms with van der Waals surface area (Å²) < 4.78 is 10.6. The number of ether oxygens (including phenoxy) is 1. The number of carbonyl (C=O) groups is 1. The SMILES string of the molecule is CC1OCCCN1C(=O)c1cc2ccccc2oc1=O. The third-order valence-corrected chi connectivity index (χ3v) is 3.47. The van der Waals surface area contributed by atoms with Crippen molar-refractivity contribution in [2.24, 2.45) is 0 Å². The molecule has 20 heavy (non-hydrogen) atoms. The van der Waals surface area contributed by atoms with E-state index in [1.807, 2.05) is 12.1 Å². The number of nitrogens with zero attached hydrogens (tertiary/aromatic N) is 1. The van der Waals surface area contributed by atoms with Crippen LogP contribution in [0.1, 0.15) is 23.7 Å². The lowest BCUT2D eigenvalue weighted by Gasteiger charge is -2.33. The van der Waals surface area contributed by atoms with Gasteiger partial charge in [-0.1, -0.05) is 18.2 Å². The van der Waals surface area contributed by atoms with Gasteiger partial charge in [0.1, 0.15) is 17.4 Å². The van der Waals surface area contributed by atoms with Crippen molar-refractivity contribution in [1.82, 2.24) is 4.90 Å². The molecule has 0 radical (unpaired) electrons. The summed E-state index contributed by atoms with van der Waals surface area (Å²) >= 11 is 0. The Morgan fingerprint density at radius 3 is 2.95 bits per heavy atom. The van der Waals surface area contributed by atoms with Crippen LogP contribution in [0.25, 0.3) is 11.0 Å². The maximum absolute atomic E-state index is 12.5. The molecule has 2 heterocycles. The van der Waals surface area contributed by atoms with E-state index in [0.29, 0.717) is 18.7 Å². The van der Waals surface area contributed by atoms with Gasteiger partial charge in [-0.15, -0.1) is 0 Å². The van der Waals surface area contributed by atoms with E-state index < -0.39 is 5.63 Å². The minimum absolute atomic E-state index is 0.0565. The lowest BCUT2D eigenvalue weighted by Crippen LogP contribution is -2.45. The van der Waals surface area contributed by atoms with Crippen molar-refractivity contribution >= 4 is 16.9 Å². The molecule has 1 fully saturated rings. The first-order chi connectivity index (χ1) is 9.66. The molecule has 5 heteroatoms. The highest BCUT2D eigenvalue weighted by atomic mass is 16.5. The highest BCUT2D eigenvalue weighted by molar-refractivity contribution is 5.96. The summed E-state index contributed by atoms with van der Waals surface area (Å²) in [5, 5.41) is 0.737. The standard InChI is InChI=1S/C15H15NO4/c1-10-16(7-4-8-19-10)14(17)12-9-11-5-2-3-6-13(11)20-15(12)18/h2-3,5-6,9-10H,4,7-8H2,1H3. The van der Waals surface area contributed by atoms with Crippen molar-refractivity contribution in [3.05, 3.63) is 46.3 Å². The lowest BCUT2D eigenvalue weighted by atomic mass is 10.1. The normalized spacial score (nSPS) is 19.2. The van der Waals surface area contributed by atoms with Gasteiger partial charge >= 0.3 is 5.63 Å². The predicted molar refractivity (Wildman–Crippen MR) is 73.6 cm³/mol. The smallest absolute Gasteiger partial charge is 0.349 e. The first-order valence-corrected chi connectivity index (χ1v) is 6.62. The Kier molecular flexibility index (Phi) is 3.28. The number of hydrogen-bond acceptors (Lipinski definition) is 4. The summed E-state index contributed by atoms with van der Waals surface area (Å²) in [7, 11) is 0. The number of amides is 1. The minimum Gasteiger partial charge on any atom is -0.422 e. The number of carbonyl (C=O) groups excluding carboxylic acids is 1. The summed E-state index contributed by atoms with van der Waals surface area (Å²) in [5.41, 5.74) is -0.0653. The van der Waals surface area contributed by atoms with Crippen molar-refractivity contribution in [1.29, 1.82) is 0 Å². The fraction of sp³-hybridized carbons (Fsp3) is 0.333. The van der Waals surface area contributed by atoms with Gasteiger partial charge in [0.15, 0.2) is 0 Å². The van der Waals surface area contributed by atoms with Crippen molar-refractivity contribution in [2.45, 2.75) is 19.6 Å². The van der Waals surface area contributed by atoms with Crippen molar-refractivity contribution < 1.29 is 13.9 Å². The van der Waals surface area contributed by atoms with E-state index in [9.17, 15) is 9.59 Å². The van der Waals surface area contributed by atoms with Crippen molar-refractivity contribution in [2.75, 3.05) is 13.2 Å². The monoisotopic (exact) mass is 273 g/mol. The predicted octanol–water partition coefficient (Wildman–Crippen LogP) is 2.00. The van der Waals surface area contributed by atoms with E-state index in [-0.39, 0.29) is 17.7 Å². The van der Waals surface area contributed by atoms with E-state index in [4.69, 9.17) is 9.15 Å². The second-order valence-corrected chi connectivity index (χ2v) is 4.81. The van der Waals surface area contributed by atoms with E-state index in [0.717, 1.165) is 11.8 Å². The molecule has 1 unspecified atom stereocenters. The third-order valence-electron chi connectivity index (χ3n) is 3.47. The van der Waals surface area contributed by atoms with Crippen LogP contribution in [0.4, 0.5) is 0 Å². The first kappa shape index (κ1) is 12.9. The molecule has 2 aromatic rings. The van der Waals surface area contributed by atoms with Gasteiger partial charge in [-0.25, -0.2) is 4.79 Å². The lowest BCUT2D eigenvalue weighted by molar-refractivity contribution is -0.0662. The molecule has 1 aromatic heterocycles. The molecule has 3 rings (SSSR count). The molecule has 0 N–H and O–H groups in total. The molecule has 0 spiro atoms. The molecule has 0 saturated carbocycles. The molecule has 5 nitrogen and oxygen atoms in total. The average molecular weight is 273 g/mol. The number of benzene rings is 1. The van der Waals surface area contributed by atoms with Crippen LogP contribution in [0.15, 0.2) is 39.5 Å². The van der Waals surface area contributed by atoms with E-state index in [1.54, 1.807) is 30.0 Å². The van der Waals surface area contributed by atoms with Crippen molar-refractivity contribution in [3.63, 3.8) is 0 Å². The Morgan fingerprint density at radius 2 is 2.15 bits per heavy atom. The Hall–Kier alpha value is -2.14. The zero-order valence-corrected chi connectivity index (χ0v) is 11.2. The molecular weight excluding hydrogens is 258 g/mol. The fourth-order valence-corrected chi connectivity index (χ4v) is 2.39. The van der Waals surface area contributed by atoms with Gasteiger partial charge < -0.3 is 14.1 Å². The molecular formula is C15H15NO4. The third kappa shape index (κ3) is 2.20. The van der Waals surface area contributed by atoms with Crippen LogP contribution in [-0.2, 0) is 4.74 Å². The van der Waals surface area contributed by atoms with Gasteiger partial charge in [0.05, 0.1) is 6.61 Å². The maximum Gasteiger partial charge on any atom is 0.349 e. The fourth-order valence-electron chi connectivity index (χ4n) is 2.39. The number of para-hydroxylation sites is 1. The highest BCUT2D eigenvalue weighted by Crippen LogP contribution is 2.16. The Bertz CT molecular complexity index is 706. The van der Waals surface area contributed by atoms with Crippen LogP contribution in [0, 0.1) is 0 Å². The minimum atomic E-state index is -0.605. The van der Waals surface area contributed by atoms with Crippen LogP contribution in [-0.4, -0.2) is 30.2 Å². The molecule has 1 saturated heterocycles. The summed E-state index contributed by atoms with van der Waals surface area (Å²) in [5.74, 6) is -0.336. The molecule has 104 valence electrons. The van der Waals surface area contributed by atoms with E-state index in [1.165, 1.54) is 0 Å². The second-order valence-electron chi connectivity index (χ2n) is 4.81. The van der Waals surface area contributed by atoms with Crippen LogP contribution in [0.5, 0.6) is 0 Å². The zero-order valence-electron chi connectivity index (χ0n) is 11.2. The molecule has 1 aliphatic heterocycles. The van der Waals surface area contributed by atoms with Gasteiger partial charge in [-0.05, 0) is 25.5 Å². The zero-order chi connectivity index (χ0) is 14.1. The topological polar surface area (TPSA) is 59.8 Å². The number of fused-ring (bicyclic) bond motifs is 1. The molecule has 1 atom stereocenters. The molecule has 1 aliphatic rings. The first-order valence-electron chi connectivity index (χ1n) is 6.62. The van der Waals surface area contributed by atoms with E-state index >= 15 is 0 Å². The number of rotatable bonds is 1. The summed E-state index contributed by atoms with van der Waals surface area (Å²) in [6.45, 7) is 3.03. The van der Waals surface area contributed by atoms with Gasteiger partial charge in [-0.3, -0.25) is 4.79 Å². The van der Waals surface area contributed by atoms with Crippen LogP contribution >= 0.6 is 0 Å². The molecule has 1 amide bonds. The van der Waals surface area contributed by atoms with Crippen LogP contribution < -0.4 is 5.63 Å². The van der Waals surface area contributed by atoms with Gasteiger partial charge in [0.2, 0.25) is 0 Å². The summed E-state index contributed by atoms with van der Waals surface area (Å²) in [6.07, 6.45) is 0.455. The van der Waals surface area contributed by atoms with Gasteiger partial charge in [-0.2, -0.15) is 0 Å². The second kappa shape index (κ2) is 5.09. The Labute approximate surface area is 115 Å². The Balaban J connectivity index is 2.02. The van der Waals surface area contributed by atoms with Gasteiger partial charge in [0.25, 0.3) is 5.91 Å². The molecule has 0 aliphatic carbocycles. The van der Waals surface area contributed by atoms with Crippen molar-refractivity contribution in [3.8, 4) is 0 Å². The summed E-state index contributed by atoms with van der Waals surface area (Å²) in [6, 6.07) is 8.73. The van der Waals surface area contributed by atoms with Gasteiger partial charge in [0, 0.05) is 11.9 Å². The number of hydrogen-bond donors (Lipinski definition) is 0. The highest BCUT2D eigenvalue weighted by Gasteiger charge is 2.27. The maximum atomic E-state index is 12.5. The quantitative estimate of drug-likeness (QED) is 0.746. The molecule has 0 bridgehead atoms. The Morgan fingerprint density at radius 1 is 1.35 bits per heavy atom. The summed E-state index contributed by atoms with van der Waals surface area (Å²) in [4.78, 5) is 26.0. The largest absolute Gasteiger partial charge is 0.422 e.